The zero-order valence-electron chi connectivity index (χ0n) is 12.0. The van der Waals surface area contributed by atoms with Gasteiger partial charge in [0.15, 0.2) is 0 Å². The first-order chi connectivity index (χ1) is 9.82. The Kier molecular flexibility index (Phi) is 6.39. The Morgan fingerprint density at radius 1 is 1.48 bits per heavy atom. The van der Waals surface area contributed by atoms with Crippen molar-refractivity contribution in [3.05, 3.63) is 41.4 Å². The molecule has 21 heavy (non-hydrogen) atoms. The molecule has 0 bridgehead atoms. The molecule has 0 atom stereocenters. The number of sulfonamides is 1. The number of hydrogen-bond donors (Lipinski definition) is 0. The van der Waals surface area contributed by atoms with E-state index in [4.69, 9.17) is 16.3 Å². The minimum atomic E-state index is -3.89. The number of hydrogen-bond acceptors (Lipinski definition) is 4. The van der Waals surface area contributed by atoms with E-state index in [-0.39, 0.29) is 29.6 Å². The Morgan fingerprint density at radius 3 is 2.67 bits per heavy atom. The minimum absolute atomic E-state index is 0.00858. The summed E-state index contributed by atoms with van der Waals surface area (Å²) in [5.41, 5.74) is 0.847. The Hall–Kier alpha value is -1.37. The van der Waals surface area contributed by atoms with Crippen molar-refractivity contribution in [2.24, 2.45) is 0 Å². The van der Waals surface area contributed by atoms with Gasteiger partial charge < -0.3 is 4.74 Å². The van der Waals surface area contributed by atoms with Crippen LogP contribution in [0.5, 0.6) is 0 Å². The molecule has 0 spiro atoms. The monoisotopic (exact) mass is 331 g/mol. The number of esters is 1. The first kappa shape index (κ1) is 17.7. The van der Waals surface area contributed by atoms with E-state index in [1.54, 1.807) is 19.1 Å². The number of halogens is 1. The van der Waals surface area contributed by atoms with Crippen LogP contribution in [-0.2, 0) is 19.6 Å². The maximum absolute atomic E-state index is 12.6. The molecule has 0 aliphatic rings. The van der Waals surface area contributed by atoms with E-state index in [0.717, 1.165) is 9.87 Å². The first-order valence-corrected chi connectivity index (χ1v) is 8.17. The highest BCUT2D eigenvalue weighted by atomic mass is 35.5. The number of benzene rings is 1. The normalized spacial score (nSPS) is 11.4. The summed E-state index contributed by atoms with van der Waals surface area (Å²) in [6.45, 7) is 6.76. The Balaban J connectivity index is 3.15. The van der Waals surface area contributed by atoms with Gasteiger partial charge in [0.05, 0.1) is 11.6 Å². The van der Waals surface area contributed by atoms with E-state index >= 15 is 0 Å². The van der Waals surface area contributed by atoms with Crippen LogP contribution in [0.1, 0.15) is 12.5 Å². The van der Waals surface area contributed by atoms with Crippen LogP contribution in [0.25, 0.3) is 0 Å². The van der Waals surface area contributed by atoms with Crippen molar-refractivity contribution in [1.29, 1.82) is 0 Å². The van der Waals surface area contributed by atoms with Crippen LogP contribution in [0.2, 0.25) is 5.02 Å². The molecule has 0 radical (unpaired) electrons. The van der Waals surface area contributed by atoms with Crippen molar-refractivity contribution in [2.75, 3.05) is 19.7 Å². The second-order valence-corrected chi connectivity index (χ2v) is 6.64. The fourth-order valence-electron chi connectivity index (χ4n) is 1.70. The van der Waals surface area contributed by atoms with E-state index < -0.39 is 16.0 Å². The number of rotatable bonds is 7. The Morgan fingerprint density at radius 2 is 2.14 bits per heavy atom. The molecular formula is C14H18ClNO4S. The second kappa shape index (κ2) is 7.59. The summed E-state index contributed by atoms with van der Waals surface area (Å²) >= 11 is 6.01. The van der Waals surface area contributed by atoms with Crippen molar-refractivity contribution in [3.8, 4) is 0 Å². The summed E-state index contributed by atoms with van der Waals surface area (Å²) in [6, 6.07) is 4.63. The van der Waals surface area contributed by atoms with Crippen LogP contribution in [0.15, 0.2) is 35.7 Å². The van der Waals surface area contributed by atoms with Crippen LogP contribution >= 0.6 is 11.6 Å². The third-order valence-corrected chi connectivity index (χ3v) is 4.94. The van der Waals surface area contributed by atoms with Crippen LogP contribution < -0.4 is 0 Å². The SMILES string of the molecule is C=CCN(CC(=O)OCC)S(=O)(=O)c1ccc(C)cc1Cl. The van der Waals surface area contributed by atoms with E-state index in [0.29, 0.717) is 0 Å². The standard InChI is InChI=1S/C14H18ClNO4S/c1-4-8-16(10-14(17)20-5-2)21(18,19)13-7-6-11(3)9-12(13)15/h4,6-7,9H,1,5,8,10H2,2-3H3. The molecule has 0 aromatic heterocycles. The zero-order chi connectivity index (χ0) is 16.0. The summed E-state index contributed by atoms with van der Waals surface area (Å²) in [4.78, 5) is 11.5. The van der Waals surface area contributed by atoms with E-state index in [9.17, 15) is 13.2 Å². The lowest BCUT2D eigenvalue weighted by atomic mass is 10.2. The van der Waals surface area contributed by atoms with Crippen LogP contribution in [-0.4, -0.2) is 38.4 Å². The summed E-state index contributed by atoms with van der Waals surface area (Å²) in [5, 5.41) is 0.118. The topological polar surface area (TPSA) is 63.7 Å². The van der Waals surface area contributed by atoms with Gasteiger partial charge in [-0.05, 0) is 31.5 Å². The molecule has 0 saturated heterocycles. The van der Waals surface area contributed by atoms with Gasteiger partial charge in [-0.15, -0.1) is 6.58 Å². The van der Waals surface area contributed by atoms with Gasteiger partial charge in [-0.25, -0.2) is 8.42 Å². The summed E-state index contributed by atoms with van der Waals surface area (Å²) < 4.78 is 30.9. The van der Waals surface area contributed by atoms with Gasteiger partial charge in [0.25, 0.3) is 0 Å². The molecule has 0 aliphatic carbocycles. The number of nitrogens with zero attached hydrogens (tertiary/aromatic N) is 1. The molecule has 5 nitrogen and oxygen atoms in total. The molecule has 1 aromatic rings. The van der Waals surface area contributed by atoms with E-state index in [2.05, 4.69) is 6.58 Å². The Bertz CT molecular complexity index is 628. The van der Waals surface area contributed by atoms with E-state index in [1.807, 2.05) is 6.92 Å². The minimum Gasteiger partial charge on any atom is -0.465 e. The number of aryl methyl sites for hydroxylation is 1. The third-order valence-electron chi connectivity index (χ3n) is 2.65. The molecule has 0 saturated carbocycles. The van der Waals surface area contributed by atoms with Gasteiger partial charge in [-0.2, -0.15) is 4.31 Å². The fourth-order valence-corrected chi connectivity index (χ4v) is 3.62. The molecule has 0 aliphatic heterocycles. The number of carbonyl (C=O) groups is 1. The molecule has 0 amide bonds. The second-order valence-electron chi connectivity index (χ2n) is 4.33. The molecular weight excluding hydrogens is 314 g/mol. The lowest BCUT2D eigenvalue weighted by Crippen LogP contribution is -2.36. The van der Waals surface area contributed by atoms with Crippen molar-refractivity contribution in [2.45, 2.75) is 18.7 Å². The van der Waals surface area contributed by atoms with Crippen molar-refractivity contribution >= 4 is 27.6 Å². The summed E-state index contributed by atoms with van der Waals surface area (Å²) in [6.07, 6.45) is 1.40. The molecule has 116 valence electrons. The summed E-state index contributed by atoms with van der Waals surface area (Å²) in [7, 11) is -3.89. The van der Waals surface area contributed by atoms with Crippen LogP contribution in [0, 0.1) is 6.92 Å². The van der Waals surface area contributed by atoms with Gasteiger partial charge in [0.2, 0.25) is 10.0 Å². The molecule has 0 heterocycles. The highest BCUT2D eigenvalue weighted by Gasteiger charge is 2.28. The quantitative estimate of drug-likeness (QED) is 0.568. The van der Waals surface area contributed by atoms with Crippen molar-refractivity contribution in [1.82, 2.24) is 4.31 Å². The smallest absolute Gasteiger partial charge is 0.321 e. The summed E-state index contributed by atoms with van der Waals surface area (Å²) in [5.74, 6) is -0.619. The van der Waals surface area contributed by atoms with Crippen molar-refractivity contribution < 1.29 is 17.9 Å². The van der Waals surface area contributed by atoms with Crippen molar-refractivity contribution in [3.63, 3.8) is 0 Å². The largest absolute Gasteiger partial charge is 0.465 e. The lowest BCUT2D eigenvalue weighted by Gasteiger charge is -2.20. The van der Waals surface area contributed by atoms with Gasteiger partial charge in [0.1, 0.15) is 11.4 Å². The Labute approximate surface area is 130 Å². The maximum Gasteiger partial charge on any atom is 0.321 e. The number of ether oxygens (including phenoxy) is 1. The van der Waals surface area contributed by atoms with Crippen LogP contribution in [0.4, 0.5) is 0 Å². The highest BCUT2D eigenvalue weighted by Crippen LogP contribution is 2.25. The fraction of sp³-hybridized carbons (Fsp3) is 0.357. The van der Waals surface area contributed by atoms with Gasteiger partial charge in [-0.3, -0.25) is 4.79 Å². The van der Waals surface area contributed by atoms with Gasteiger partial charge >= 0.3 is 5.97 Å². The molecule has 0 fully saturated rings. The highest BCUT2D eigenvalue weighted by molar-refractivity contribution is 7.89. The van der Waals surface area contributed by atoms with Crippen LogP contribution in [0.3, 0.4) is 0 Å². The predicted molar refractivity (Wildman–Crippen MR) is 81.8 cm³/mol. The lowest BCUT2D eigenvalue weighted by molar-refractivity contribution is -0.143. The average Bonchev–Trinajstić information content (AvgIpc) is 2.38. The maximum atomic E-state index is 12.6. The van der Waals surface area contributed by atoms with Gasteiger partial charge in [0, 0.05) is 6.54 Å². The molecule has 1 aromatic carbocycles. The molecule has 0 unspecified atom stereocenters. The molecule has 7 heteroatoms. The first-order valence-electron chi connectivity index (χ1n) is 6.35. The molecule has 1 rings (SSSR count). The predicted octanol–water partition coefficient (Wildman–Crippen LogP) is 2.39. The van der Waals surface area contributed by atoms with Gasteiger partial charge in [-0.1, -0.05) is 23.7 Å². The molecule has 0 N–H and O–H groups in total. The third kappa shape index (κ3) is 4.56. The zero-order valence-corrected chi connectivity index (χ0v) is 13.6. The van der Waals surface area contributed by atoms with E-state index in [1.165, 1.54) is 12.1 Å². The average molecular weight is 332 g/mol. The number of carbonyl (C=O) groups excluding carboxylic acids is 1.